The van der Waals surface area contributed by atoms with Crippen molar-refractivity contribution in [2.24, 2.45) is 0 Å². The Labute approximate surface area is 136 Å². The summed E-state index contributed by atoms with van der Waals surface area (Å²) < 4.78 is 44.5. The van der Waals surface area contributed by atoms with E-state index >= 15 is 0 Å². The Hall–Kier alpha value is -2.45. The Balaban J connectivity index is 2.41. The fraction of sp³-hybridized carbons (Fsp3) is 0.467. The molecule has 2 N–H and O–H groups in total. The molecule has 0 spiro atoms. The van der Waals surface area contributed by atoms with Crippen molar-refractivity contribution in [3.63, 3.8) is 0 Å². The summed E-state index contributed by atoms with van der Waals surface area (Å²) in [4.78, 5) is 25.4. The molecule has 0 radical (unpaired) electrons. The number of carbonyl (C=O) groups excluding carboxylic acids is 2. The van der Waals surface area contributed by atoms with Gasteiger partial charge in [0, 0.05) is 18.7 Å². The molecule has 1 aliphatic carbocycles. The number of carbonyl (C=O) groups is 2. The molecular weight excluding hydrogens is 329 g/mol. The van der Waals surface area contributed by atoms with Gasteiger partial charge in [-0.1, -0.05) is 0 Å². The van der Waals surface area contributed by atoms with Crippen LogP contribution < -0.4 is 10.1 Å². The Bertz CT molecular complexity index is 684. The zero-order chi connectivity index (χ0) is 18.2. The summed E-state index contributed by atoms with van der Waals surface area (Å²) in [6.45, 7) is 1.15. The highest BCUT2D eigenvalue weighted by molar-refractivity contribution is 6.06. The van der Waals surface area contributed by atoms with Gasteiger partial charge in [-0.05, 0) is 25.8 Å². The van der Waals surface area contributed by atoms with Crippen molar-refractivity contribution in [2.75, 3.05) is 14.2 Å². The molecule has 0 heterocycles. The third-order valence-electron chi connectivity index (χ3n) is 3.90. The Morgan fingerprint density at radius 3 is 2.42 bits per heavy atom. The third-order valence-corrected chi connectivity index (χ3v) is 3.90. The zero-order valence-electron chi connectivity index (χ0n) is 13.3. The highest BCUT2D eigenvalue weighted by atomic mass is 19.4. The quantitative estimate of drug-likeness (QED) is 0.882. The number of rotatable bonds is 3. The molecule has 0 unspecified atom stereocenters. The number of methoxy groups -OCH3 is 1. The summed E-state index contributed by atoms with van der Waals surface area (Å²) in [5, 5.41) is 11.8. The largest absolute Gasteiger partial charge is 0.504 e. The number of urea groups is 1. The van der Waals surface area contributed by atoms with Crippen molar-refractivity contribution in [2.45, 2.75) is 32.0 Å². The first-order valence-electron chi connectivity index (χ1n) is 7.13. The number of ether oxygens (including phenoxy) is 1. The van der Waals surface area contributed by atoms with Crippen LogP contribution in [0.15, 0.2) is 6.07 Å². The normalized spacial score (nSPS) is 14.2. The highest BCUT2D eigenvalue weighted by Gasteiger charge is 2.39. The van der Waals surface area contributed by atoms with Gasteiger partial charge in [0.1, 0.15) is 0 Å². The second-order valence-corrected chi connectivity index (χ2v) is 5.57. The maximum absolute atomic E-state index is 13.3. The monoisotopic (exact) mass is 346 g/mol. The molecule has 0 aliphatic heterocycles. The van der Waals surface area contributed by atoms with Gasteiger partial charge in [0.25, 0.3) is 5.91 Å². The van der Waals surface area contributed by atoms with Gasteiger partial charge in [0.15, 0.2) is 11.5 Å². The molecule has 24 heavy (non-hydrogen) atoms. The molecule has 0 bridgehead atoms. The Morgan fingerprint density at radius 2 is 1.96 bits per heavy atom. The van der Waals surface area contributed by atoms with Gasteiger partial charge < -0.3 is 14.7 Å². The standard InChI is InChI=1S/C15H17F3N2O4/c1-7-11(13(22)19-14(23)20(2)8-4-5-8)9(15(16,17)18)6-10(24-3)12(7)21/h6,8,21H,4-5H2,1-3H3,(H,19,22,23). The van der Waals surface area contributed by atoms with E-state index in [1.54, 1.807) is 0 Å². The van der Waals surface area contributed by atoms with Crippen molar-refractivity contribution in [3.8, 4) is 11.5 Å². The number of amides is 3. The first-order valence-corrected chi connectivity index (χ1v) is 7.13. The van der Waals surface area contributed by atoms with E-state index in [1.807, 2.05) is 5.32 Å². The SMILES string of the molecule is COc1cc(C(F)(F)F)c(C(=O)NC(=O)N(C)C2CC2)c(C)c1O. The predicted molar refractivity (Wildman–Crippen MR) is 78.0 cm³/mol. The molecular formula is C15H17F3N2O4. The molecule has 0 aromatic heterocycles. The minimum atomic E-state index is -4.86. The molecule has 1 aliphatic rings. The van der Waals surface area contributed by atoms with E-state index in [1.165, 1.54) is 11.9 Å². The van der Waals surface area contributed by atoms with E-state index in [4.69, 9.17) is 4.74 Å². The summed E-state index contributed by atoms with van der Waals surface area (Å²) in [5.74, 6) is -2.22. The Morgan fingerprint density at radius 1 is 1.38 bits per heavy atom. The van der Waals surface area contributed by atoms with E-state index in [2.05, 4.69) is 0 Å². The van der Waals surface area contributed by atoms with E-state index in [0.29, 0.717) is 6.07 Å². The number of aromatic hydroxyl groups is 1. The second kappa shape index (κ2) is 6.21. The number of nitrogens with one attached hydrogen (secondary N) is 1. The van der Waals surface area contributed by atoms with E-state index in [-0.39, 0.29) is 11.6 Å². The number of benzene rings is 1. The lowest BCUT2D eigenvalue weighted by Gasteiger charge is -2.20. The van der Waals surface area contributed by atoms with Gasteiger partial charge in [0.2, 0.25) is 0 Å². The van der Waals surface area contributed by atoms with Crippen molar-refractivity contribution >= 4 is 11.9 Å². The molecule has 132 valence electrons. The number of phenols is 1. The van der Waals surface area contributed by atoms with Gasteiger partial charge in [-0.15, -0.1) is 0 Å². The van der Waals surface area contributed by atoms with E-state index in [0.717, 1.165) is 26.9 Å². The molecule has 1 aromatic rings. The number of nitrogens with zero attached hydrogens (tertiary/aromatic N) is 1. The lowest BCUT2D eigenvalue weighted by molar-refractivity contribution is -0.138. The summed E-state index contributed by atoms with van der Waals surface area (Å²) in [6.07, 6.45) is -3.29. The van der Waals surface area contributed by atoms with Gasteiger partial charge in [-0.25, -0.2) is 4.79 Å². The van der Waals surface area contributed by atoms with Gasteiger partial charge >= 0.3 is 12.2 Å². The second-order valence-electron chi connectivity index (χ2n) is 5.57. The minimum Gasteiger partial charge on any atom is -0.504 e. The number of hydrogen-bond acceptors (Lipinski definition) is 4. The summed E-state index contributed by atoms with van der Waals surface area (Å²) in [7, 11) is 2.56. The van der Waals surface area contributed by atoms with Gasteiger partial charge in [-0.3, -0.25) is 10.1 Å². The van der Waals surface area contributed by atoms with Crippen molar-refractivity contribution in [3.05, 3.63) is 22.8 Å². The number of phenolic OH excluding ortho intramolecular Hbond substituents is 1. The molecule has 9 heteroatoms. The third kappa shape index (κ3) is 3.39. The van der Waals surface area contributed by atoms with Crippen LogP contribution in [0.4, 0.5) is 18.0 Å². The van der Waals surface area contributed by atoms with Crippen LogP contribution in [0.1, 0.15) is 34.3 Å². The predicted octanol–water partition coefficient (Wildman–Crippen LogP) is 2.67. The van der Waals surface area contributed by atoms with Gasteiger partial charge in [0.05, 0.1) is 18.2 Å². The zero-order valence-corrected chi connectivity index (χ0v) is 13.3. The number of alkyl halides is 3. The first-order chi connectivity index (χ1) is 11.1. The number of halogens is 3. The molecule has 1 saturated carbocycles. The maximum Gasteiger partial charge on any atom is 0.417 e. The summed E-state index contributed by atoms with van der Waals surface area (Å²) >= 11 is 0. The van der Waals surface area contributed by atoms with Crippen LogP contribution in [0.2, 0.25) is 0 Å². The van der Waals surface area contributed by atoms with Crippen LogP contribution >= 0.6 is 0 Å². The molecule has 3 amide bonds. The first kappa shape index (κ1) is 17.9. The van der Waals surface area contributed by atoms with Crippen molar-refractivity contribution in [1.82, 2.24) is 10.2 Å². The van der Waals surface area contributed by atoms with Crippen LogP contribution in [0.5, 0.6) is 11.5 Å². The van der Waals surface area contributed by atoms with E-state index in [9.17, 15) is 27.9 Å². The smallest absolute Gasteiger partial charge is 0.417 e. The molecule has 2 rings (SSSR count). The number of imide groups is 1. The topological polar surface area (TPSA) is 78.9 Å². The molecule has 6 nitrogen and oxygen atoms in total. The molecule has 1 aromatic carbocycles. The lowest BCUT2D eigenvalue weighted by Crippen LogP contribution is -2.42. The van der Waals surface area contributed by atoms with Crippen LogP contribution in [-0.2, 0) is 6.18 Å². The fourth-order valence-electron chi connectivity index (χ4n) is 2.32. The van der Waals surface area contributed by atoms with E-state index < -0.39 is 40.7 Å². The number of hydrogen-bond donors (Lipinski definition) is 2. The van der Waals surface area contributed by atoms with Gasteiger partial charge in [-0.2, -0.15) is 13.2 Å². The lowest BCUT2D eigenvalue weighted by atomic mass is 9.98. The van der Waals surface area contributed by atoms with Crippen LogP contribution in [0.25, 0.3) is 0 Å². The average molecular weight is 346 g/mol. The van der Waals surface area contributed by atoms with Crippen LogP contribution in [0, 0.1) is 6.92 Å². The van der Waals surface area contributed by atoms with Crippen molar-refractivity contribution < 1.29 is 32.6 Å². The summed E-state index contributed by atoms with van der Waals surface area (Å²) in [5.41, 5.74) is -2.41. The maximum atomic E-state index is 13.3. The Kier molecular flexibility index (Phi) is 4.63. The molecule has 1 fully saturated rings. The fourth-order valence-corrected chi connectivity index (χ4v) is 2.32. The minimum absolute atomic E-state index is 0.00902. The molecule has 0 saturated heterocycles. The van der Waals surface area contributed by atoms with Crippen molar-refractivity contribution in [1.29, 1.82) is 0 Å². The molecule has 0 atom stereocenters. The average Bonchev–Trinajstić information content (AvgIpc) is 3.32. The summed E-state index contributed by atoms with van der Waals surface area (Å²) in [6, 6.07) is -0.262. The van der Waals surface area contributed by atoms with Crippen LogP contribution in [0.3, 0.4) is 0 Å². The highest BCUT2D eigenvalue weighted by Crippen LogP contribution is 2.41. The van der Waals surface area contributed by atoms with Crippen LogP contribution in [-0.4, -0.2) is 42.1 Å².